The number of likely N-dealkylation sites (tertiary alicyclic amines) is 1. The standard InChI is InChI=1S/C20H27NO4/c1-3-14(2)17(15-7-5-4-6-8-15)18(22)21-11-16-12-25-10-9-20(16,13-21)19(23)24/h4-8,14,16-17H,3,9-13H2,1-2H3,(H,23,24)/t14?,16-,17?,20+/m0/s1. The number of aliphatic carboxylic acids is 1. The largest absolute Gasteiger partial charge is 0.481 e. The number of hydrogen-bond donors (Lipinski definition) is 1. The van der Waals surface area contributed by atoms with Crippen molar-refractivity contribution in [2.24, 2.45) is 17.3 Å². The van der Waals surface area contributed by atoms with Crippen LogP contribution in [0, 0.1) is 17.3 Å². The number of carboxylic acid groups (broad SMARTS) is 1. The highest BCUT2D eigenvalue weighted by Crippen LogP contribution is 2.44. The molecule has 4 atom stereocenters. The summed E-state index contributed by atoms with van der Waals surface area (Å²) in [5.74, 6) is -0.879. The van der Waals surface area contributed by atoms with Crippen molar-refractivity contribution in [2.75, 3.05) is 26.3 Å². The van der Waals surface area contributed by atoms with Crippen LogP contribution in [0.25, 0.3) is 0 Å². The summed E-state index contributed by atoms with van der Waals surface area (Å²) in [7, 11) is 0. The van der Waals surface area contributed by atoms with Gasteiger partial charge in [-0.25, -0.2) is 0 Å². The Bertz CT molecular complexity index is 632. The van der Waals surface area contributed by atoms with Crippen LogP contribution in [-0.2, 0) is 14.3 Å². The van der Waals surface area contributed by atoms with Crippen molar-refractivity contribution in [3.63, 3.8) is 0 Å². The second kappa shape index (κ2) is 7.16. The topological polar surface area (TPSA) is 66.8 Å². The molecule has 0 radical (unpaired) electrons. The fourth-order valence-corrected chi connectivity index (χ4v) is 4.27. The Labute approximate surface area is 149 Å². The smallest absolute Gasteiger partial charge is 0.311 e. The van der Waals surface area contributed by atoms with E-state index in [9.17, 15) is 14.7 Å². The van der Waals surface area contributed by atoms with Crippen LogP contribution >= 0.6 is 0 Å². The molecule has 0 aromatic heterocycles. The molecule has 0 aliphatic carbocycles. The van der Waals surface area contributed by atoms with Crippen LogP contribution in [-0.4, -0.2) is 48.2 Å². The highest BCUT2D eigenvalue weighted by molar-refractivity contribution is 5.86. The van der Waals surface area contributed by atoms with Gasteiger partial charge in [0.15, 0.2) is 0 Å². The first-order valence-corrected chi connectivity index (χ1v) is 9.14. The van der Waals surface area contributed by atoms with Gasteiger partial charge >= 0.3 is 5.97 Å². The van der Waals surface area contributed by atoms with E-state index < -0.39 is 11.4 Å². The highest BCUT2D eigenvalue weighted by atomic mass is 16.5. The van der Waals surface area contributed by atoms with Crippen LogP contribution in [0.15, 0.2) is 30.3 Å². The third kappa shape index (κ3) is 3.17. The minimum absolute atomic E-state index is 0.0515. The third-order valence-corrected chi connectivity index (χ3v) is 6.08. The van der Waals surface area contributed by atoms with Gasteiger partial charge in [-0.1, -0.05) is 50.6 Å². The number of fused-ring (bicyclic) bond motifs is 1. The maximum atomic E-state index is 13.3. The maximum absolute atomic E-state index is 13.3. The van der Waals surface area contributed by atoms with Crippen molar-refractivity contribution < 1.29 is 19.4 Å². The number of amides is 1. The normalized spacial score (nSPS) is 28.2. The molecule has 5 nitrogen and oxygen atoms in total. The van der Waals surface area contributed by atoms with Crippen LogP contribution in [0.3, 0.4) is 0 Å². The molecule has 2 aliphatic heterocycles. The summed E-state index contributed by atoms with van der Waals surface area (Å²) in [4.78, 5) is 27.1. The lowest BCUT2D eigenvalue weighted by atomic mass is 9.74. The van der Waals surface area contributed by atoms with Gasteiger partial charge in [0.25, 0.3) is 0 Å². The Morgan fingerprint density at radius 1 is 1.36 bits per heavy atom. The number of nitrogens with zero attached hydrogens (tertiary/aromatic N) is 1. The van der Waals surface area contributed by atoms with Crippen molar-refractivity contribution in [1.82, 2.24) is 4.90 Å². The van der Waals surface area contributed by atoms with E-state index in [0.29, 0.717) is 32.7 Å². The molecular formula is C20H27NO4. The van der Waals surface area contributed by atoms with E-state index in [1.54, 1.807) is 4.90 Å². The zero-order chi connectivity index (χ0) is 18.0. The Hall–Kier alpha value is -1.88. The van der Waals surface area contributed by atoms with E-state index in [1.807, 2.05) is 30.3 Å². The van der Waals surface area contributed by atoms with E-state index >= 15 is 0 Å². The maximum Gasteiger partial charge on any atom is 0.311 e. The van der Waals surface area contributed by atoms with Crippen molar-refractivity contribution in [2.45, 2.75) is 32.6 Å². The number of carboxylic acids is 1. The molecule has 5 heteroatoms. The van der Waals surface area contributed by atoms with Crippen molar-refractivity contribution in [1.29, 1.82) is 0 Å². The number of rotatable bonds is 5. The quantitative estimate of drug-likeness (QED) is 0.891. The van der Waals surface area contributed by atoms with Gasteiger partial charge in [0.2, 0.25) is 5.91 Å². The first kappa shape index (κ1) is 17.9. The molecule has 1 amide bonds. The van der Waals surface area contributed by atoms with Gasteiger partial charge in [0.05, 0.1) is 17.9 Å². The predicted molar refractivity (Wildman–Crippen MR) is 94.2 cm³/mol. The average Bonchev–Trinajstić information content (AvgIpc) is 3.03. The Morgan fingerprint density at radius 3 is 2.68 bits per heavy atom. The summed E-state index contributed by atoms with van der Waals surface area (Å²) in [5, 5.41) is 9.82. The summed E-state index contributed by atoms with van der Waals surface area (Å²) in [5.41, 5.74) is 0.169. The molecule has 136 valence electrons. The number of carbonyl (C=O) groups is 2. The second-order valence-corrected chi connectivity index (χ2v) is 7.48. The molecule has 0 spiro atoms. The molecule has 2 unspecified atom stereocenters. The lowest BCUT2D eigenvalue weighted by molar-refractivity contribution is -0.157. The number of ether oxygens (including phenoxy) is 1. The van der Waals surface area contributed by atoms with Gasteiger partial charge in [-0.15, -0.1) is 0 Å². The lowest BCUT2D eigenvalue weighted by Crippen LogP contribution is -2.45. The number of carbonyl (C=O) groups excluding carboxylic acids is 1. The average molecular weight is 345 g/mol. The number of benzene rings is 1. The summed E-state index contributed by atoms with van der Waals surface area (Å²) in [6.45, 7) is 5.84. The van der Waals surface area contributed by atoms with Gasteiger partial charge in [0.1, 0.15) is 0 Å². The molecule has 3 rings (SSSR count). The Morgan fingerprint density at radius 2 is 2.08 bits per heavy atom. The highest BCUT2D eigenvalue weighted by Gasteiger charge is 2.55. The Balaban J connectivity index is 1.87. The van der Waals surface area contributed by atoms with Gasteiger partial charge < -0.3 is 14.7 Å². The molecule has 0 bridgehead atoms. The van der Waals surface area contributed by atoms with Crippen LogP contribution < -0.4 is 0 Å². The predicted octanol–water partition coefficient (Wildman–Crippen LogP) is 2.77. The molecule has 1 aromatic rings. The minimum atomic E-state index is -0.843. The van der Waals surface area contributed by atoms with Crippen molar-refractivity contribution in [3.8, 4) is 0 Å². The molecule has 2 saturated heterocycles. The van der Waals surface area contributed by atoms with Crippen LogP contribution in [0.4, 0.5) is 0 Å². The van der Waals surface area contributed by atoms with E-state index in [4.69, 9.17) is 4.74 Å². The van der Waals surface area contributed by atoms with Gasteiger partial charge in [-0.05, 0) is 17.9 Å². The summed E-state index contributed by atoms with van der Waals surface area (Å²) < 4.78 is 5.50. The SMILES string of the molecule is CCC(C)C(C(=O)N1C[C@H]2COCC[C@@]2(C(=O)O)C1)c1ccccc1. The monoisotopic (exact) mass is 345 g/mol. The minimum Gasteiger partial charge on any atom is -0.481 e. The number of hydrogen-bond acceptors (Lipinski definition) is 3. The zero-order valence-corrected chi connectivity index (χ0v) is 15.0. The summed E-state index contributed by atoms with van der Waals surface area (Å²) in [6.07, 6.45) is 1.38. The summed E-state index contributed by atoms with van der Waals surface area (Å²) in [6, 6.07) is 9.84. The van der Waals surface area contributed by atoms with Crippen molar-refractivity contribution >= 4 is 11.9 Å². The molecule has 1 aromatic carbocycles. The van der Waals surface area contributed by atoms with Gasteiger partial charge in [-0.2, -0.15) is 0 Å². The van der Waals surface area contributed by atoms with Gasteiger partial charge in [0, 0.05) is 25.6 Å². The van der Waals surface area contributed by atoms with Crippen LogP contribution in [0.5, 0.6) is 0 Å². The molecule has 2 heterocycles. The molecular weight excluding hydrogens is 318 g/mol. The Kier molecular flexibility index (Phi) is 5.13. The molecule has 0 saturated carbocycles. The van der Waals surface area contributed by atoms with Crippen molar-refractivity contribution in [3.05, 3.63) is 35.9 Å². The van der Waals surface area contributed by atoms with E-state index in [0.717, 1.165) is 12.0 Å². The van der Waals surface area contributed by atoms with Crippen LogP contribution in [0.2, 0.25) is 0 Å². The molecule has 1 N–H and O–H groups in total. The van der Waals surface area contributed by atoms with E-state index in [2.05, 4.69) is 13.8 Å². The second-order valence-electron chi connectivity index (χ2n) is 7.48. The van der Waals surface area contributed by atoms with E-state index in [1.165, 1.54) is 0 Å². The van der Waals surface area contributed by atoms with Gasteiger partial charge in [-0.3, -0.25) is 9.59 Å². The molecule has 2 aliphatic rings. The fourth-order valence-electron chi connectivity index (χ4n) is 4.27. The van der Waals surface area contributed by atoms with E-state index in [-0.39, 0.29) is 23.7 Å². The summed E-state index contributed by atoms with van der Waals surface area (Å²) >= 11 is 0. The molecule has 2 fully saturated rings. The lowest BCUT2D eigenvalue weighted by Gasteiger charge is -2.34. The molecule has 25 heavy (non-hydrogen) atoms. The van der Waals surface area contributed by atoms with Crippen LogP contribution in [0.1, 0.15) is 38.2 Å². The first-order valence-electron chi connectivity index (χ1n) is 9.14. The third-order valence-electron chi connectivity index (χ3n) is 6.08. The zero-order valence-electron chi connectivity index (χ0n) is 15.0. The first-order chi connectivity index (χ1) is 12.0. The fraction of sp³-hybridized carbons (Fsp3) is 0.600.